The van der Waals surface area contributed by atoms with E-state index >= 15 is 0 Å². The Labute approximate surface area is 103 Å². The molecule has 0 aromatic carbocycles. The van der Waals surface area contributed by atoms with Crippen molar-refractivity contribution >= 4 is 5.97 Å². The molecule has 1 aliphatic heterocycles. The number of nitrogens with zero attached hydrogens (tertiary/aromatic N) is 1. The van der Waals surface area contributed by atoms with Gasteiger partial charge in [0.1, 0.15) is 6.61 Å². The molecule has 0 atom stereocenters. The van der Waals surface area contributed by atoms with Crippen molar-refractivity contribution in [3.63, 3.8) is 0 Å². The third-order valence-corrected chi connectivity index (χ3v) is 4.12. The fourth-order valence-corrected chi connectivity index (χ4v) is 3.01. The third-order valence-electron chi connectivity index (χ3n) is 4.12. The van der Waals surface area contributed by atoms with Crippen molar-refractivity contribution in [2.45, 2.75) is 51.2 Å². The average molecular weight is 241 g/mol. The summed E-state index contributed by atoms with van der Waals surface area (Å²) in [5.74, 6) is -0.00154. The first-order valence-corrected chi connectivity index (χ1v) is 6.58. The summed E-state index contributed by atoms with van der Waals surface area (Å²) in [6.45, 7) is 5.94. The molecular weight excluding hydrogens is 218 g/mol. The Bertz CT molecular complexity index is 278. The molecule has 0 amide bonds. The van der Waals surface area contributed by atoms with Crippen LogP contribution in [0.3, 0.4) is 0 Å². The molecule has 2 aliphatic rings. The van der Waals surface area contributed by atoms with Crippen LogP contribution in [0.1, 0.15) is 39.5 Å². The molecule has 0 bridgehead atoms. The lowest BCUT2D eigenvalue weighted by Crippen LogP contribution is -2.64. The molecule has 1 saturated carbocycles. The minimum Gasteiger partial charge on any atom is -0.480 e. The first-order chi connectivity index (χ1) is 7.98. The topological polar surface area (TPSA) is 49.8 Å². The van der Waals surface area contributed by atoms with Crippen LogP contribution < -0.4 is 0 Å². The maximum Gasteiger partial charge on any atom is 0.329 e. The van der Waals surface area contributed by atoms with E-state index in [1.807, 2.05) is 6.92 Å². The summed E-state index contributed by atoms with van der Waals surface area (Å²) in [7, 11) is 0. The number of carbonyl (C=O) groups is 1. The number of hydrogen-bond donors (Lipinski definition) is 1. The van der Waals surface area contributed by atoms with Gasteiger partial charge in [-0.25, -0.2) is 4.79 Å². The van der Waals surface area contributed by atoms with Crippen molar-refractivity contribution in [3.8, 4) is 0 Å². The van der Waals surface area contributed by atoms with Crippen molar-refractivity contribution < 1.29 is 14.6 Å². The van der Waals surface area contributed by atoms with Gasteiger partial charge in [0.2, 0.25) is 0 Å². The van der Waals surface area contributed by atoms with Crippen molar-refractivity contribution in [3.05, 3.63) is 0 Å². The van der Waals surface area contributed by atoms with E-state index in [-0.39, 0.29) is 12.2 Å². The first-order valence-electron chi connectivity index (χ1n) is 6.58. The number of ether oxygens (including phenoxy) is 1. The smallest absolute Gasteiger partial charge is 0.329 e. The quantitative estimate of drug-likeness (QED) is 0.814. The zero-order valence-corrected chi connectivity index (χ0v) is 10.8. The Balaban J connectivity index is 1.72. The Hall–Kier alpha value is -0.610. The van der Waals surface area contributed by atoms with E-state index in [0.29, 0.717) is 6.04 Å². The van der Waals surface area contributed by atoms with E-state index < -0.39 is 5.97 Å². The number of carboxylic acids is 1. The van der Waals surface area contributed by atoms with Gasteiger partial charge in [0.05, 0.1) is 5.60 Å². The molecule has 1 heterocycles. The van der Waals surface area contributed by atoms with Crippen molar-refractivity contribution in [1.82, 2.24) is 4.90 Å². The second-order valence-corrected chi connectivity index (χ2v) is 5.95. The van der Waals surface area contributed by atoms with Gasteiger partial charge < -0.3 is 9.84 Å². The van der Waals surface area contributed by atoms with Gasteiger partial charge in [-0.3, -0.25) is 4.90 Å². The zero-order chi connectivity index (χ0) is 12.5. The number of likely N-dealkylation sites (tertiary alicyclic amines) is 1. The van der Waals surface area contributed by atoms with Crippen LogP contribution in [0.4, 0.5) is 0 Å². The SMILES string of the molecule is CC1CCC(N2CC(C)(OCC(=O)O)C2)CC1. The van der Waals surface area contributed by atoms with Gasteiger partial charge in [0.15, 0.2) is 0 Å². The molecule has 1 aliphatic carbocycles. The van der Waals surface area contributed by atoms with E-state index in [0.717, 1.165) is 19.0 Å². The van der Waals surface area contributed by atoms with Crippen LogP contribution in [0.15, 0.2) is 0 Å². The lowest BCUT2D eigenvalue weighted by Gasteiger charge is -2.52. The fourth-order valence-electron chi connectivity index (χ4n) is 3.01. The molecule has 98 valence electrons. The Kier molecular flexibility index (Phi) is 3.73. The molecule has 0 radical (unpaired) electrons. The highest BCUT2D eigenvalue weighted by Gasteiger charge is 2.43. The van der Waals surface area contributed by atoms with E-state index in [1.54, 1.807) is 0 Å². The van der Waals surface area contributed by atoms with Gasteiger partial charge >= 0.3 is 5.97 Å². The van der Waals surface area contributed by atoms with Gasteiger partial charge in [0, 0.05) is 19.1 Å². The van der Waals surface area contributed by atoms with E-state index in [1.165, 1.54) is 25.7 Å². The number of hydrogen-bond acceptors (Lipinski definition) is 3. The van der Waals surface area contributed by atoms with Crippen LogP contribution in [0.25, 0.3) is 0 Å². The largest absolute Gasteiger partial charge is 0.480 e. The van der Waals surface area contributed by atoms with Crippen molar-refractivity contribution in [2.75, 3.05) is 19.7 Å². The number of carboxylic acid groups (broad SMARTS) is 1. The van der Waals surface area contributed by atoms with E-state index in [2.05, 4.69) is 11.8 Å². The normalized spacial score (nSPS) is 33.1. The molecule has 17 heavy (non-hydrogen) atoms. The summed E-state index contributed by atoms with van der Waals surface area (Å²) >= 11 is 0. The highest BCUT2D eigenvalue weighted by molar-refractivity contribution is 5.68. The molecule has 4 heteroatoms. The van der Waals surface area contributed by atoms with Gasteiger partial charge in [0.25, 0.3) is 0 Å². The molecule has 4 nitrogen and oxygen atoms in total. The standard InChI is InChI=1S/C13H23NO3/c1-10-3-5-11(6-4-10)14-8-13(2,9-14)17-7-12(15)16/h10-11H,3-9H2,1-2H3,(H,15,16). The minimum atomic E-state index is -0.879. The van der Waals surface area contributed by atoms with Gasteiger partial charge in [-0.05, 0) is 38.5 Å². The summed E-state index contributed by atoms with van der Waals surface area (Å²) in [6.07, 6.45) is 5.23. The second kappa shape index (κ2) is 4.94. The predicted molar refractivity (Wildman–Crippen MR) is 65.0 cm³/mol. The van der Waals surface area contributed by atoms with Gasteiger partial charge in [-0.1, -0.05) is 6.92 Å². The van der Waals surface area contributed by atoms with Crippen LogP contribution in [-0.2, 0) is 9.53 Å². The summed E-state index contributed by atoms with van der Waals surface area (Å²) < 4.78 is 5.43. The van der Waals surface area contributed by atoms with Gasteiger partial charge in [-0.2, -0.15) is 0 Å². The van der Waals surface area contributed by atoms with Crippen LogP contribution >= 0.6 is 0 Å². The first kappa shape index (κ1) is 12.8. The average Bonchev–Trinajstić information content (AvgIpc) is 2.24. The van der Waals surface area contributed by atoms with Crippen molar-refractivity contribution in [2.24, 2.45) is 5.92 Å². The molecule has 1 saturated heterocycles. The molecule has 0 aromatic heterocycles. The van der Waals surface area contributed by atoms with Crippen LogP contribution in [0.5, 0.6) is 0 Å². The lowest BCUT2D eigenvalue weighted by molar-refractivity contribution is -0.171. The summed E-state index contributed by atoms with van der Waals surface area (Å²) in [6, 6.07) is 0.702. The molecule has 2 fully saturated rings. The Morgan fingerprint density at radius 3 is 2.47 bits per heavy atom. The van der Waals surface area contributed by atoms with E-state index in [4.69, 9.17) is 9.84 Å². The monoisotopic (exact) mass is 241 g/mol. The van der Waals surface area contributed by atoms with Gasteiger partial charge in [-0.15, -0.1) is 0 Å². The predicted octanol–water partition coefficient (Wildman–Crippen LogP) is 1.74. The number of rotatable bonds is 4. The fraction of sp³-hybridized carbons (Fsp3) is 0.923. The zero-order valence-electron chi connectivity index (χ0n) is 10.8. The number of aliphatic carboxylic acids is 1. The molecule has 1 N–H and O–H groups in total. The maximum absolute atomic E-state index is 10.5. The third kappa shape index (κ3) is 3.19. The molecule has 0 unspecified atom stereocenters. The molecule has 0 spiro atoms. The summed E-state index contributed by atoms with van der Waals surface area (Å²) in [4.78, 5) is 12.9. The molecule has 2 rings (SSSR count). The van der Waals surface area contributed by atoms with Crippen LogP contribution in [-0.4, -0.2) is 47.3 Å². The Morgan fingerprint density at radius 1 is 1.35 bits per heavy atom. The minimum absolute atomic E-state index is 0.175. The molecular formula is C13H23NO3. The second-order valence-electron chi connectivity index (χ2n) is 5.95. The lowest BCUT2D eigenvalue weighted by atomic mass is 9.83. The molecule has 0 aromatic rings. The maximum atomic E-state index is 10.5. The van der Waals surface area contributed by atoms with Crippen LogP contribution in [0.2, 0.25) is 0 Å². The highest BCUT2D eigenvalue weighted by Crippen LogP contribution is 2.34. The summed E-state index contributed by atoms with van der Waals surface area (Å²) in [5, 5.41) is 8.60. The van der Waals surface area contributed by atoms with Crippen molar-refractivity contribution in [1.29, 1.82) is 0 Å². The Morgan fingerprint density at radius 2 is 1.94 bits per heavy atom. The highest BCUT2D eigenvalue weighted by atomic mass is 16.5. The van der Waals surface area contributed by atoms with E-state index in [9.17, 15) is 4.79 Å². The van der Waals surface area contributed by atoms with Crippen LogP contribution in [0, 0.1) is 5.92 Å². The summed E-state index contributed by atoms with van der Waals surface area (Å²) in [5.41, 5.74) is -0.235.